The number of halogens is 1. The average Bonchev–Trinajstić information content (AvgIpc) is 1.83. The first kappa shape index (κ1) is 7.01. The minimum atomic E-state index is -0.139. The van der Waals surface area contributed by atoms with Crippen LogP contribution in [-0.4, -0.2) is 24.1 Å². The molecule has 0 radical (unpaired) electrons. The van der Waals surface area contributed by atoms with Crippen molar-refractivity contribution >= 4 is 28.4 Å². The van der Waals surface area contributed by atoms with Crippen LogP contribution in [0.15, 0.2) is 9.34 Å². The predicted molar refractivity (Wildman–Crippen MR) is 39.5 cm³/mol. The second kappa shape index (κ2) is 2.66. The fourth-order valence-electron chi connectivity index (χ4n) is 0.528. The number of hydrogen-bond acceptors (Lipinski definition) is 3. The lowest BCUT2D eigenvalue weighted by Crippen LogP contribution is -2.18. The quantitative estimate of drug-likeness (QED) is 0.636. The molecule has 4 heteroatoms. The second-order valence-electron chi connectivity index (χ2n) is 1.68. The summed E-state index contributed by atoms with van der Waals surface area (Å²) in [6, 6.07) is 0. The Morgan fingerprint density at radius 2 is 2.22 bits per heavy atom. The van der Waals surface area contributed by atoms with E-state index in [9.17, 15) is 4.79 Å². The van der Waals surface area contributed by atoms with E-state index in [-0.39, 0.29) is 24.8 Å². The molecule has 9 heavy (non-hydrogen) atoms. The smallest absolute Gasteiger partial charge is 0.198 e. The van der Waals surface area contributed by atoms with E-state index in [0.717, 1.165) is 0 Å². The normalized spacial score (nSPS) is 20.8. The van der Waals surface area contributed by atoms with Gasteiger partial charge in [0.15, 0.2) is 5.78 Å². The SMILES string of the molecule is O=C1COCC(O)=C1I. The molecule has 0 unspecified atom stereocenters. The maximum absolute atomic E-state index is 10.7. The molecule has 1 aliphatic rings. The Hall–Kier alpha value is -0.100. The van der Waals surface area contributed by atoms with Crippen molar-refractivity contribution in [1.82, 2.24) is 0 Å². The van der Waals surface area contributed by atoms with Gasteiger partial charge in [-0.25, -0.2) is 0 Å². The van der Waals surface area contributed by atoms with Crippen LogP contribution in [0, 0.1) is 0 Å². The van der Waals surface area contributed by atoms with Gasteiger partial charge in [-0.1, -0.05) is 0 Å². The Morgan fingerprint density at radius 3 is 2.67 bits per heavy atom. The van der Waals surface area contributed by atoms with Gasteiger partial charge in [-0.05, 0) is 22.6 Å². The second-order valence-corrected chi connectivity index (χ2v) is 2.76. The van der Waals surface area contributed by atoms with Crippen LogP contribution in [-0.2, 0) is 9.53 Å². The van der Waals surface area contributed by atoms with E-state index >= 15 is 0 Å². The lowest BCUT2D eigenvalue weighted by Gasteiger charge is -2.09. The molecule has 0 amide bonds. The van der Waals surface area contributed by atoms with Gasteiger partial charge >= 0.3 is 0 Å². The summed E-state index contributed by atoms with van der Waals surface area (Å²) in [7, 11) is 0. The van der Waals surface area contributed by atoms with Crippen LogP contribution < -0.4 is 0 Å². The van der Waals surface area contributed by atoms with Gasteiger partial charge < -0.3 is 9.84 Å². The molecular weight excluding hydrogens is 235 g/mol. The molecule has 3 nitrogen and oxygen atoms in total. The zero-order chi connectivity index (χ0) is 6.85. The topological polar surface area (TPSA) is 46.5 Å². The molecule has 1 heterocycles. The molecule has 0 bridgehead atoms. The van der Waals surface area contributed by atoms with Gasteiger partial charge in [-0.15, -0.1) is 0 Å². The minimum absolute atomic E-state index is 0.0480. The molecule has 0 aliphatic carbocycles. The maximum Gasteiger partial charge on any atom is 0.198 e. The Kier molecular flexibility index (Phi) is 2.07. The number of Topliss-reactive ketones (excluding diaryl/α,β-unsaturated/α-hetero) is 1. The summed E-state index contributed by atoms with van der Waals surface area (Å²) in [6.45, 7) is 0.270. The van der Waals surface area contributed by atoms with Crippen molar-refractivity contribution in [3.8, 4) is 0 Å². The minimum Gasteiger partial charge on any atom is -0.509 e. The van der Waals surface area contributed by atoms with Crippen LogP contribution >= 0.6 is 22.6 Å². The average molecular weight is 240 g/mol. The van der Waals surface area contributed by atoms with Gasteiger partial charge in [0.1, 0.15) is 19.0 Å². The highest BCUT2D eigenvalue weighted by Crippen LogP contribution is 2.16. The van der Waals surface area contributed by atoms with Crippen molar-refractivity contribution in [3.05, 3.63) is 9.34 Å². The number of hydrogen-bond donors (Lipinski definition) is 1. The largest absolute Gasteiger partial charge is 0.509 e. The van der Waals surface area contributed by atoms with Crippen LogP contribution in [0.25, 0.3) is 0 Å². The molecule has 1 rings (SSSR count). The molecule has 1 aliphatic heterocycles. The number of carbonyl (C=O) groups excluding carboxylic acids is 1. The highest BCUT2D eigenvalue weighted by atomic mass is 127. The summed E-state index contributed by atoms with van der Waals surface area (Å²) in [4.78, 5) is 10.7. The zero-order valence-electron chi connectivity index (χ0n) is 4.56. The summed E-state index contributed by atoms with van der Waals surface area (Å²) in [5.41, 5.74) is 0. The first-order valence-corrected chi connectivity index (χ1v) is 3.48. The molecule has 0 aromatic carbocycles. The van der Waals surface area contributed by atoms with E-state index in [2.05, 4.69) is 0 Å². The first-order valence-electron chi connectivity index (χ1n) is 2.40. The third-order valence-corrected chi connectivity index (χ3v) is 2.19. The lowest BCUT2D eigenvalue weighted by atomic mass is 10.3. The summed E-state index contributed by atoms with van der Waals surface area (Å²) in [6.07, 6.45) is 0. The predicted octanol–water partition coefficient (Wildman–Crippen LogP) is 0.790. The number of ketones is 1. The van der Waals surface area contributed by atoms with Crippen molar-refractivity contribution in [3.63, 3.8) is 0 Å². The van der Waals surface area contributed by atoms with Crippen molar-refractivity contribution in [2.24, 2.45) is 0 Å². The highest BCUT2D eigenvalue weighted by Gasteiger charge is 2.17. The molecule has 0 spiro atoms. The molecule has 1 N–H and O–H groups in total. The van der Waals surface area contributed by atoms with Crippen molar-refractivity contribution in [2.45, 2.75) is 0 Å². The third-order valence-electron chi connectivity index (χ3n) is 0.970. The monoisotopic (exact) mass is 240 g/mol. The molecule has 0 saturated carbocycles. The highest BCUT2D eigenvalue weighted by molar-refractivity contribution is 14.1. The van der Waals surface area contributed by atoms with Gasteiger partial charge in [0.25, 0.3) is 0 Å². The van der Waals surface area contributed by atoms with E-state index in [1.165, 1.54) is 0 Å². The van der Waals surface area contributed by atoms with E-state index in [1.54, 1.807) is 0 Å². The number of ether oxygens (including phenoxy) is 1. The summed E-state index contributed by atoms with van der Waals surface area (Å²) < 4.78 is 5.10. The first-order chi connectivity index (χ1) is 4.22. The molecular formula is C5H5IO3. The molecule has 0 saturated heterocycles. The Labute approximate surface area is 65.8 Å². The van der Waals surface area contributed by atoms with Crippen LogP contribution in [0.4, 0.5) is 0 Å². The molecule has 0 fully saturated rings. The van der Waals surface area contributed by atoms with Gasteiger partial charge in [-0.2, -0.15) is 0 Å². The standard InChI is InChI=1S/C5H5IO3/c6-5-3(7)1-9-2-4(5)8/h7H,1-2H2. The van der Waals surface area contributed by atoms with E-state index in [1.807, 2.05) is 22.6 Å². The number of carbonyl (C=O) groups is 1. The van der Waals surface area contributed by atoms with Crippen LogP contribution in [0.1, 0.15) is 0 Å². The fraction of sp³-hybridized carbons (Fsp3) is 0.400. The summed E-state index contributed by atoms with van der Waals surface area (Å²) >= 11 is 1.81. The summed E-state index contributed by atoms with van der Waals surface area (Å²) in [5, 5.41) is 8.87. The van der Waals surface area contributed by atoms with Gasteiger partial charge in [0, 0.05) is 0 Å². The number of rotatable bonds is 0. The van der Waals surface area contributed by atoms with Crippen molar-refractivity contribution in [2.75, 3.05) is 13.2 Å². The Balaban J connectivity index is 2.84. The van der Waals surface area contributed by atoms with Crippen LogP contribution in [0.3, 0.4) is 0 Å². The van der Waals surface area contributed by atoms with Gasteiger partial charge in [0.05, 0.1) is 3.58 Å². The fourth-order valence-corrected chi connectivity index (χ4v) is 0.839. The molecule has 0 aromatic rings. The maximum atomic E-state index is 10.7. The van der Waals surface area contributed by atoms with E-state index in [4.69, 9.17) is 9.84 Å². The number of aliphatic hydroxyl groups is 1. The summed E-state index contributed by atoms with van der Waals surface area (Å²) in [5.74, 6) is -0.0915. The van der Waals surface area contributed by atoms with E-state index < -0.39 is 0 Å². The molecule has 0 atom stereocenters. The lowest BCUT2D eigenvalue weighted by molar-refractivity contribution is -0.120. The Morgan fingerprint density at radius 1 is 1.56 bits per heavy atom. The van der Waals surface area contributed by atoms with Crippen molar-refractivity contribution in [1.29, 1.82) is 0 Å². The van der Waals surface area contributed by atoms with Gasteiger partial charge in [0.2, 0.25) is 0 Å². The molecule has 50 valence electrons. The van der Waals surface area contributed by atoms with Crippen molar-refractivity contribution < 1.29 is 14.6 Å². The van der Waals surface area contributed by atoms with Crippen LogP contribution in [0.5, 0.6) is 0 Å². The van der Waals surface area contributed by atoms with Crippen LogP contribution in [0.2, 0.25) is 0 Å². The number of aliphatic hydroxyl groups excluding tert-OH is 1. The van der Waals surface area contributed by atoms with E-state index in [0.29, 0.717) is 3.58 Å². The Bertz CT molecular complexity index is 173. The third kappa shape index (κ3) is 1.42. The zero-order valence-corrected chi connectivity index (χ0v) is 6.71. The molecule has 0 aromatic heterocycles. The van der Waals surface area contributed by atoms with Gasteiger partial charge in [-0.3, -0.25) is 4.79 Å².